The Morgan fingerprint density at radius 1 is 0.667 bits per heavy atom. The summed E-state index contributed by atoms with van der Waals surface area (Å²) >= 11 is 2.17. The van der Waals surface area contributed by atoms with Crippen LogP contribution in [0.5, 0.6) is 0 Å². The van der Waals surface area contributed by atoms with E-state index in [9.17, 15) is 0 Å². The fourth-order valence-corrected chi connectivity index (χ4v) is 3.55. The molecule has 24 heavy (non-hydrogen) atoms. The minimum absolute atomic E-state index is 0. The Hall–Kier alpha value is 0.957. The van der Waals surface area contributed by atoms with Crippen LogP contribution in [0.15, 0.2) is 0 Å². The molecule has 0 spiro atoms. The van der Waals surface area contributed by atoms with Crippen molar-refractivity contribution < 1.29 is 33.9 Å². The van der Waals surface area contributed by atoms with Gasteiger partial charge in [-0.2, -0.15) is 0 Å². The van der Waals surface area contributed by atoms with Crippen LogP contribution < -0.4 is 0 Å². The van der Waals surface area contributed by atoms with E-state index in [1.165, 1.54) is 12.8 Å². The molecule has 2 unspecified atom stereocenters. The monoisotopic (exact) mass is 388 g/mol. The van der Waals surface area contributed by atoms with Gasteiger partial charge in [0.25, 0.3) is 0 Å². The summed E-state index contributed by atoms with van der Waals surface area (Å²) in [5.74, 6) is 0. The summed E-state index contributed by atoms with van der Waals surface area (Å²) in [5.41, 5.74) is 0. The summed E-state index contributed by atoms with van der Waals surface area (Å²) in [6.45, 7) is 12.9. The van der Waals surface area contributed by atoms with Crippen LogP contribution in [0.4, 0.5) is 0 Å². The van der Waals surface area contributed by atoms with Gasteiger partial charge in [0.05, 0.1) is 0 Å². The van der Waals surface area contributed by atoms with E-state index < -0.39 is 0 Å². The van der Waals surface area contributed by atoms with Crippen molar-refractivity contribution in [1.82, 2.24) is 0 Å². The SMILES string of the molecule is CCCOCOCCC[CH](C)[Cu][CH](C)CCCOCOCCC.[Li]. The molecule has 0 aliphatic rings. The number of hydrogen-bond donors (Lipinski definition) is 0. The maximum Gasteiger partial charge on any atom is 0 e. The Balaban J connectivity index is 0. The topological polar surface area (TPSA) is 36.9 Å². The molecule has 0 saturated heterocycles. The molecule has 0 amide bonds. The molecule has 146 valence electrons. The van der Waals surface area contributed by atoms with Gasteiger partial charge in [-0.3, -0.25) is 0 Å². The van der Waals surface area contributed by atoms with Gasteiger partial charge in [-0.05, 0) is 0 Å². The smallest absolute Gasteiger partial charge is 0 e. The standard InChI is InChI=1S/2C9H19O2.Cu.Li/c2*1-3-5-6-8-11-9-10-7-4-2;;/h2*3H,4-9H2,1-2H3;;. The van der Waals surface area contributed by atoms with E-state index in [0.717, 1.165) is 52.1 Å². The minimum atomic E-state index is 0. The number of rotatable bonds is 18. The van der Waals surface area contributed by atoms with Gasteiger partial charge in [0.2, 0.25) is 0 Å². The van der Waals surface area contributed by atoms with Crippen molar-refractivity contribution in [3.8, 4) is 0 Å². The molecule has 0 aromatic heterocycles. The quantitative estimate of drug-likeness (QED) is 0.194. The maximum atomic E-state index is 5.45. The molecule has 0 saturated carbocycles. The molecule has 0 N–H and O–H groups in total. The average Bonchev–Trinajstić information content (AvgIpc) is 2.53. The van der Waals surface area contributed by atoms with Crippen molar-refractivity contribution in [3.63, 3.8) is 0 Å². The summed E-state index contributed by atoms with van der Waals surface area (Å²) in [6.07, 6.45) is 6.69. The first kappa shape index (κ1) is 27.2. The van der Waals surface area contributed by atoms with Crippen LogP contribution in [-0.2, 0) is 33.9 Å². The van der Waals surface area contributed by atoms with Crippen LogP contribution in [-0.4, -0.2) is 58.9 Å². The Kier molecular flexibility index (Phi) is 24.9. The molecule has 0 aliphatic carbocycles. The largest absolute Gasteiger partial charge is 0 e. The Bertz CT molecular complexity index is 213. The van der Waals surface area contributed by atoms with Gasteiger partial charge < -0.3 is 0 Å². The molecule has 0 aromatic rings. The Morgan fingerprint density at radius 2 is 1.04 bits per heavy atom. The van der Waals surface area contributed by atoms with E-state index >= 15 is 0 Å². The molecule has 6 heteroatoms. The Morgan fingerprint density at radius 3 is 1.42 bits per heavy atom. The zero-order valence-electron chi connectivity index (χ0n) is 16.6. The first-order valence-corrected chi connectivity index (χ1v) is 10.1. The second kappa shape index (κ2) is 22.0. The summed E-state index contributed by atoms with van der Waals surface area (Å²) in [4.78, 5) is 1.34. The van der Waals surface area contributed by atoms with Gasteiger partial charge in [0, 0.05) is 18.9 Å². The van der Waals surface area contributed by atoms with Crippen molar-refractivity contribution in [2.24, 2.45) is 0 Å². The van der Waals surface area contributed by atoms with Crippen LogP contribution >= 0.6 is 0 Å². The van der Waals surface area contributed by atoms with Crippen LogP contribution in [0.25, 0.3) is 0 Å². The molecule has 0 aliphatic heterocycles. The predicted molar refractivity (Wildman–Crippen MR) is 97.2 cm³/mol. The predicted octanol–water partition coefficient (Wildman–Crippen LogP) is 4.67. The first-order chi connectivity index (χ1) is 11.2. The van der Waals surface area contributed by atoms with E-state index in [1.807, 2.05) is 0 Å². The molecule has 0 heterocycles. The van der Waals surface area contributed by atoms with Crippen LogP contribution in [0.1, 0.15) is 66.2 Å². The van der Waals surface area contributed by atoms with E-state index in [-0.39, 0.29) is 18.9 Å². The van der Waals surface area contributed by atoms with Gasteiger partial charge >= 0.3 is 150 Å². The third-order valence-electron chi connectivity index (χ3n) is 3.11. The van der Waals surface area contributed by atoms with Gasteiger partial charge in [-0.25, -0.2) is 0 Å². The zero-order valence-corrected chi connectivity index (χ0v) is 17.5. The summed E-state index contributed by atoms with van der Waals surface area (Å²) < 4.78 is 21.5. The second-order valence-electron chi connectivity index (χ2n) is 5.66. The molecular formula is C18H38CuLiO4. The van der Waals surface area contributed by atoms with E-state index in [1.54, 1.807) is 0 Å². The number of hydrogen-bond acceptors (Lipinski definition) is 4. The maximum absolute atomic E-state index is 5.45. The van der Waals surface area contributed by atoms with Crippen molar-refractivity contribution in [2.75, 3.05) is 40.0 Å². The third-order valence-corrected chi connectivity index (χ3v) is 4.73. The van der Waals surface area contributed by atoms with Crippen molar-refractivity contribution in [1.29, 1.82) is 0 Å². The van der Waals surface area contributed by atoms with Crippen molar-refractivity contribution in [3.05, 3.63) is 0 Å². The molecule has 0 fully saturated rings. The minimum Gasteiger partial charge on any atom is 0 e. The first-order valence-electron chi connectivity index (χ1n) is 9.04. The van der Waals surface area contributed by atoms with Gasteiger partial charge in [-0.1, -0.05) is 0 Å². The van der Waals surface area contributed by atoms with Crippen LogP contribution in [0.3, 0.4) is 0 Å². The van der Waals surface area contributed by atoms with Crippen LogP contribution in [0, 0.1) is 0 Å². The molecule has 1 radical (unpaired) electrons. The summed E-state index contributed by atoms with van der Waals surface area (Å²) in [6, 6.07) is 0. The molecule has 2 atom stereocenters. The van der Waals surface area contributed by atoms with Gasteiger partial charge in [-0.15, -0.1) is 0 Å². The molecule has 0 bridgehead atoms. The molecule has 4 nitrogen and oxygen atoms in total. The van der Waals surface area contributed by atoms with Crippen molar-refractivity contribution in [2.45, 2.75) is 75.9 Å². The van der Waals surface area contributed by atoms with Gasteiger partial charge in [0.15, 0.2) is 0 Å². The van der Waals surface area contributed by atoms with E-state index in [4.69, 9.17) is 18.9 Å². The van der Waals surface area contributed by atoms with Crippen molar-refractivity contribution >= 4 is 18.9 Å². The molecule has 0 aromatic carbocycles. The summed E-state index contributed by atoms with van der Waals surface area (Å²) in [5, 5.41) is 0. The fourth-order valence-electron chi connectivity index (χ4n) is 1.94. The molecule has 0 rings (SSSR count). The third kappa shape index (κ3) is 21.0. The second-order valence-corrected chi connectivity index (χ2v) is 7.83. The average molecular weight is 389 g/mol. The van der Waals surface area contributed by atoms with E-state index in [0.29, 0.717) is 23.2 Å². The summed E-state index contributed by atoms with van der Waals surface area (Å²) in [7, 11) is 0. The Labute approximate surface area is 168 Å². The normalized spacial score (nSPS) is 13.7. The fraction of sp³-hybridized carbons (Fsp3) is 1.00. The van der Waals surface area contributed by atoms with E-state index in [2.05, 4.69) is 42.7 Å². The van der Waals surface area contributed by atoms with Gasteiger partial charge in [0.1, 0.15) is 0 Å². The van der Waals surface area contributed by atoms with Crippen LogP contribution in [0.2, 0.25) is 9.63 Å². The zero-order chi connectivity index (χ0) is 17.2. The molecular weight excluding hydrogens is 351 g/mol. The number of ether oxygens (including phenoxy) is 4.